The number of hydrogen-bond acceptors (Lipinski definition) is 3. The van der Waals surface area contributed by atoms with Crippen molar-refractivity contribution in [1.82, 2.24) is 0 Å². The first-order chi connectivity index (χ1) is 9.58. The van der Waals surface area contributed by atoms with Crippen molar-refractivity contribution in [3.63, 3.8) is 0 Å². The van der Waals surface area contributed by atoms with Crippen LogP contribution < -0.4 is 5.32 Å². The van der Waals surface area contributed by atoms with Crippen LogP contribution in [-0.4, -0.2) is 13.1 Å². The summed E-state index contributed by atoms with van der Waals surface area (Å²) in [6.07, 6.45) is 0. The van der Waals surface area contributed by atoms with E-state index in [0.717, 1.165) is 11.8 Å². The zero-order valence-electron chi connectivity index (χ0n) is 10.8. The molecule has 1 N–H and O–H groups in total. The third-order valence-electron chi connectivity index (χ3n) is 2.72. The van der Waals surface area contributed by atoms with E-state index in [1.165, 1.54) is 19.2 Å². The van der Waals surface area contributed by atoms with Gasteiger partial charge in [0.2, 0.25) is 0 Å². The minimum absolute atomic E-state index is 0.284. The average Bonchev–Trinajstić information content (AvgIpc) is 2.44. The number of carbonyl (C=O) groups excluding carboxylic acids is 1. The third kappa shape index (κ3) is 3.54. The predicted octanol–water partition coefficient (Wildman–Crippen LogP) is 3.36. The van der Waals surface area contributed by atoms with Crippen molar-refractivity contribution in [2.75, 3.05) is 12.4 Å². The fraction of sp³-hybridized carbons (Fsp3) is 0.133. The van der Waals surface area contributed by atoms with Gasteiger partial charge in [0.1, 0.15) is 11.6 Å². The second-order valence-corrected chi connectivity index (χ2v) is 4.20. The highest BCUT2D eigenvalue weighted by Gasteiger charge is 2.04. The molecule has 2 aromatic rings. The molecule has 0 atom stereocenters. The van der Waals surface area contributed by atoms with Crippen molar-refractivity contribution in [2.45, 2.75) is 6.54 Å². The van der Waals surface area contributed by atoms with Crippen molar-refractivity contribution in [1.29, 1.82) is 0 Å². The minimum Gasteiger partial charge on any atom is -0.465 e. The largest absolute Gasteiger partial charge is 0.465 e. The fourth-order valence-corrected chi connectivity index (χ4v) is 1.76. The van der Waals surface area contributed by atoms with Crippen LogP contribution in [0.15, 0.2) is 42.5 Å². The number of methoxy groups -OCH3 is 1. The van der Waals surface area contributed by atoms with Gasteiger partial charge in [0, 0.05) is 18.3 Å². The maximum absolute atomic E-state index is 13.0. The molecule has 0 bridgehead atoms. The molecule has 2 aromatic carbocycles. The molecule has 0 amide bonds. The number of rotatable bonds is 4. The lowest BCUT2D eigenvalue weighted by molar-refractivity contribution is 0.0601. The zero-order valence-corrected chi connectivity index (χ0v) is 10.8. The second kappa shape index (κ2) is 6.14. The van der Waals surface area contributed by atoms with E-state index in [9.17, 15) is 13.6 Å². The van der Waals surface area contributed by atoms with Crippen molar-refractivity contribution >= 4 is 11.7 Å². The summed E-state index contributed by atoms with van der Waals surface area (Å²) in [5.41, 5.74) is 1.68. The maximum Gasteiger partial charge on any atom is 0.337 e. The topological polar surface area (TPSA) is 38.3 Å². The van der Waals surface area contributed by atoms with Crippen LogP contribution >= 0.6 is 0 Å². The first kappa shape index (κ1) is 14.0. The molecule has 0 radical (unpaired) electrons. The van der Waals surface area contributed by atoms with E-state index in [4.69, 9.17) is 0 Å². The van der Waals surface area contributed by atoms with Crippen molar-refractivity contribution in [3.8, 4) is 0 Å². The molecule has 104 valence electrons. The average molecular weight is 277 g/mol. The molecule has 0 spiro atoms. The van der Waals surface area contributed by atoms with E-state index in [0.29, 0.717) is 11.1 Å². The van der Waals surface area contributed by atoms with Gasteiger partial charge in [0.25, 0.3) is 0 Å². The molecular weight excluding hydrogens is 264 g/mol. The van der Waals surface area contributed by atoms with Crippen LogP contribution in [0.1, 0.15) is 15.9 Å². The summed E-state index contributed by atoms with van der Waals surface area (Å²) in [4.78, 5) is 11.3. The van der Waals surface area contributed by atoms with Crippen LogP contribution in [0, 0.1) is 11.6 Å². The Bertz CT molecular complexity index is 592. The Morgan fingerprint density at radius 1 is 1.10 bits per heavy atom. The number of hydrogen-bond donors (Lipinski definition) is 1. The van der Waals surface area contributed by atoms with Crippen LogP contribution in [0.5, 0.6) is 0 Å². The standard InChI is InChI=1S/C15H13F2NO2/c1-20-15(19)11-2-4-14(5-3-11)18-9-10-6-12(16)8-13(17)7-10/h2-8,18H,9H2,1H3. The van der Waals surface area contributed by atoms with E-state index in [1.807, 2.05) is 0 Å². The van der Waals surface area contributed by atoms with Gasteiger partial charge in [-0.25, -0.2) is 13.6 Å². The summed E-state index contributed by atoms with van der Waals surface area (Å²) in [7, 11) is 1.31. The summed E-state index contributed by atoms with van der Waals surface area (Å²) in [6.45, 7) is 0.284. The lowest BCUT2D eigenvalue weighted by Gasteiger charge is -2.07. The summed E-state index contributed by atoms with van der Waals surface area (Å²) >= 11 is 0. The van der Waals surface area contributed by atoms with Gasteiger partial charge in [-0.3, -0.25) is 0 Å². The zero-order chi connectivity index (χ0) is 14.5. The Kier molecular flexibility index (Phi) is 4.30. The van der Waals surface area contributed by atoms with Gasteiger partial charge in [0.05, 0.1) is 12.7 Å². The smallest absolute Gasteiger partial charge is 0.337 e. The number of ether oxygens (including phenoxy) is 1. The Balaban J connectivity index is 2.02. The van der Waals surface area contributed by atoms with Crippen LogP contribution in [0.2, 0.25) is 0 Å². The molecule has 0 aliphatic carbocycles. The fourth-order valence-electron chi connectivity index (χ4n) is 1.76. The summed E-state index contributed by atoms with van der Waals surface area (Å²) in [5, 5.41) is 3.01. The van der Waals surface area contributed by atoms with E-state index < -0.39 is 17.6 Å². The van der Waals surface area contributed by atoms with Crippen LogP contribution in [0.25, 0.3) is 0 Å². The molecular formula is C15H13F2NO2. The van der Waals surface area contributed by atoms with Crippen LogP contribution in [0.4, 0.5) is 14.5 Å². The second-order valence-electron chi connectivity index (χ2n) is 4.20. The van der Waals surface area contributed by atoms with Gasteiger partial charge >= 0.3 is 5.97 Å². The number of carbonyl (C=O) groups is 1. The third-order valence-corrected chi connectivity index (χ3v) is 2.72. The Morgan fingerprint density at radius 2 is 1.70 bits per heavy atom. The van der Waals surface area contributed by atoms with Gasteiger partial charge in [0.15, 0.2) is 0 Å². The van der Waals surface area contributed by atoms with E-state index in [1.54, 1.807) is 24.3 Å². The van der Waals surface area contributed by atoms with Crippen molar-refractivity contribution in [3.05, 3.63) is 65.2 Å². The molecule has 0 saturated heterocycles. The number of benzene rings is 2. The lowest BCUT2D eigenvalue weighted by atomic mass is 10.2. The highest BCUT2D eigenvalue weighted by Crippen LogP contribution is 2.13. The Labute approximate surface area is 115 Å². The quantitative estimate of drug-likeness (QED) is 0.871. The molecule has 20 heavy (non-hydrogen) atoms. The highest BCUT2D eigenvalue weighted by atomic mass is 19.1. The molecule has 0 fully saturated rings. The van der Waals surface area contributed by atoms with E-state index in [2.05, 4.69) is 10.1 Å². The van der Waals surface area contributed by atoms with Gasteiger partial charge in [-0.2, -0.15) is 0 Å². The number of nitrogens with one attached hydrogen (secondary N) is 1. The minimum atomic E-state index is -0.608. The maximum atomic E-state index is 13.0. The number of esters is 1. The van der Waals surface area contributed by atoms with Gasteiger partial charge < -0.3 is 10.1 Å². The molecule has 0 aliphatic heterocycles. The normalized spacial score (nSPS) is 10.2. The summed E-state index contributed by atoms with van der Waals surface area (Å²) < 4.78 is 30.6. The van der Waals surface area contributed by atoms with Gasteiger partial charge in [-0.05, 0) is 42.0 Å². The van der Waals surface area contributed by atoms with Gasteiger partial charge in [-0.15, -0.1) is 0 Å². The van der Waals surface area contributed by atoms with E-state index >= 15 is 0 Å². The molecule has 0 unspecified atom stereocenters. The van der Waals surface area contributed by atoms with Crippen molar-refractivity contribution in [2.24, 2.45) is 0 Å². The van der Waals surface area contributed by atoms with Crippen molar-refractivity contribution < 1.29 is 18.3 Å². The van der Waals surface area contributed by atoms with Crippen LogP contribution in [0.3, 0.4) is 0 Å². The Morgan fingerprint density at radius 3 is 2.25 bits per heavy atom. The monoisotopic (exact) mass is 277 g/mol. The Hall–Kier alpha value is -2.43. The number of halogens is 2. The predicted molar refractivity (Wildman–Crippen MR) is 71.5 cm³/mol. The van der Waals surface area contributed by atoms with Gasteiger partial charge in [-0.1, -0.05) is 0 Å². The molecule has 2 rings (SSSR count). The van der Waals surface area contributed by atoms with E-state index in [-0.39, 0.29) is 6.54 Å². The molecule has 0 saturated carbocycles. The molecule has 0 aliphatic rings. The molecule has 5 heteroatoms. The SMILES string of the molecule is COC(=O)c1ccc(NCc2cc(F)cc(F)c2)cc1. The molecule has 3 nitrogen and oxygen atoms in total. The molecule has 0 aromatic heterocycles. The van der Waals surface area contributed by atoms with Crippen LogP contribution in [-0.2, 0) is 11.3 Å². The summed E-state index contributed by atoms with van der Waals surface area (Å²) in [5.74, 6) is -1.63. The summed E-state index contributed by atoms with van der Waals surface area (Å²) in [6, 6.07) is 9.97. The first-order valence-corrected chi connectivity index (χ1v) is 5.95. The number of anilines is 1. The highest BCUT2D eigenvalue weighted by molar-refractivity contribution is 5.89. The molecule has 0 heterocycles. The first-order valence-electron chi connectivity index (χ1n) is 5.95. The lowest BCUT2D eigenvalue weighted by Crippen LogP contribution is -2.03.